The lowest BCUT2D eigenvalue weighted by Gasteiger charge is -2.22. The largest absolute Gasteiger partial charge is 0.356 e. The first-order chi connectivity index (χ1) is 17.3. The molecule has 1 unspecified atom stereocenters. The van der Waals surface area contributed by atoms with E-state index in [-0.39, 0.29) is 34.3 Å². The average molecular weight is 514 g/mol. The van der Waals surface area contributed by atoms with Crippen molar-refractivity contribution >= 4 is 26.8 Å². The molecule has 1 amide bonds. The smallest absolute Gasteiger partial charge is 0.328 e. The van der Waals surface area contributed by atoms with Gasteiger partial charge in [0.2, 0.25) is 15.9 Å². The molecule has 1 aromatic heterocycles. The molecule has 0 saturated carbocycles. The molecule has 1 aliphatic rings. The number of carbonyl (C=O) groups is 1. The van der Waals surface area contributed by atoms with Gasteiger partial charge in [0.05, 0.1) is 15.8 Å². The van der Waals surface area contributed by atoms with E-state index >= 15 is 0 Å². The molecular weight excluding hydrogens is 482 g/mol. The van der Waals surface area contributed by atoms with Crippen molar-refractivity contribution in [2.24, 2.45) is 7.05 Å². The third kappa shape index (κ3) is 5.75. The van der Waals surface area contributed by atoms with E-state index in [1.165, 1.54) is 29.6 Å². The Morgan fingerprint density at radius 2 is 1.67 bits per heavy atom. The normalized spacial score (nSPS) is 19.1. The van der Waals surface area contributed by atoms with E-state index in [1.54, 1.807) is 0 Å². The van der Waals surface area contributed by atoms with Crippen molar-refractivity contribution in [3.63, 3.8) is 0 Å². The lowest BCUT2D eigenvalue weighted by Crippen LogP contribution is -2.35. The van der Waals surface area contributed by atoms with Gasteiger partial charge in [0.25, 0.3) is 5.56 Å². The summed E-state index contributed by atoms with van der Waals surface area (Å²) in [7, 11) is -2.56. The van der Waals surface area contributed by atoms with Crippen LogP contribution in [-0.2, 0) is 21.9 Å². The van der Waals surface area contributed by atoms with Crippen LogP contribution in [0.15, 0.2) is 63.0 Å². The minimum Gasteiger partial charge on any atom is -0.356 e. The molecule has 3 N–H and O–H groups in total. The first kappa shape index (κ1) is 25.8. The highest BCUT2D eigenvalue weighted by molar-refractivity contribution is 7.89. The van der Waals surface area contributed by atoms with E-state index in [0.29, 0.717) is 38.9 Å². The van der Waals surface area contributed by atoms with Crippen LogP contribution in [0.2, 0.25) is 0 Å². The number of rotatable bonds is 3. The van der Waals surface area contributed by atoms with Crippen molar-refractivity contribution in [1.29, 1.82) is 0 Å². The summed E-state index contributed by atoms with van der Waals surface area (Å²) in [6.07, 6.45) is 2.13. The zero-order chi connectivity index (χ0) is 25.7. The van der Waals surface area contributed by atoms with Crippen LogP contribution in [0.25, 0.3) is 10.9 Å². The summed E-state index contributed by atoms with van der Waals surface area (Å²) in [4.78, 5) is 39.5. The van der Waals surface area contributed by atoms with Crippen molar-refractivity contribution in [3.8, 4) is 0 Å². The predicted octanol–water partition coefficient (Wildman–Crippen LogP) is 1.24. The number of fused-ring (bicyclic) bond motifs is 1. The highest BCUT2D eigenvalue weighted by Crippen LogP contribution is 2.21. The van der Waals surface area contributed by atoms with Crippen LogP contribution in [0, 0.1) is 0 Å². The first-order valence-electron chi connectivity index (χ1n) is 12.1. The summed E-state index contributed by atoms with van der Waals surface area (Å²) in [5.41, 5.74) is 0.203. The second kappa shape index (κ2) is 11.2. The quantitative estimate of drug-likeness (QED) is 0.483. The summed E-state index contributed by atoms with van der Waals surface area (Å²) in [5, 5.41) is 6.46. The molecule has 4 rings (SSSR count). The van der Waals surface area contributed by atoms with E-state index in [4.69, 9.17) is 0 Å². The third-order valence-corrected chi connectivity index (χ3v) is 8.33. The number of benzene rings is 2. The molecule has 2 heterocycles. The maximum absolute atomic E-state index is 13.5. The second-order valence-corrected chi connectivity index (χ2v) is 10.9. The Kier molecular flexibility index (Phi) is 8.02. The number of aromatic nitrogens is 2. The van der Waals surface area contributed by atoms with Gasteiger partial charge in [-0.15, -0.1) is 0 Å². The number of nitrogens with zero attached hydrogens (tertiary/aromatic N) is 2. The Balaban J connectivity index is 1.53. The number of nitrogens with one attached hydrogen (secondary N) is 3. The molecule has 1 atom stereocenters. The molecule has 0 radical (unpaired) electrons. The van der Waals surface area contributed by atoms with Crippen LogP contribution in [0.4, 0.5) is 0 Å². The summed E-state index contributed by atoms with van der Waals surface area (Å²) in [6, 6.07) is 13.9. The zero-order valence-corrected chi connectivity index (χ0v) is 21.0. The van der Waals surface area contributed by atoms with Crippen LogP contribution in [0.3, 0.4) is 0 Å². The lowest BCUT2D eigenvalue weighted by atomic mass is 10.0. The van der Waals surface area contributed by atoms with Crippen LogP contribution in [0.1, 0.15) is 37.3 Å². The van der Waals surface area contributed by atoms with Gasteiger partial charge < -0.3 is 15.6 Å². The van der Waals surface area contributed by atoms with Gasteiger partial charge in [-0.25, -0.2) is 13.2 Å². The molecule has 36 heavy (non-hydrogen) atoms. The van der Waals surface area contributed by atoms with Gasteiger partial charge in [0.15, 0.2) is 0 Å². The summed E-state index contributed by atoms with van der Waals surface area (Å²) >= 11 is 0. The summed E-state index contributed by atoms with van der Waals surface area (Å²) < 4.78 is 29.4. The SMILES string of the molecule is Cn1c(=O)[nH]c2ccc(S(=O)(=O)N3CCCCNC(c4ccccc4)CC(=O)NCCC3)cc2c1=O. The van der Waals surface area contributed by atoms with Crippen LogP contribution in [0.5, 0.6) is 0 Å². The molecule has 0 bridgehead atoms. The van der Waals surface area contributed by atoms with Crippen molar-refractivity contribution < 1.29 is 13.2 Å². The highest BCUT2D eigenvalue weighted by Gasteiger charge is 2.25. The van der Waals surface area contributed by atoms with Crippen LogP contribution in [-0.4, -0.2) is 54.4 Å². The number of sulfonamides is 1. The molecule has 1 fully saturated rings. The Bertz CT molecular complexity index is 1450. The molecular formula is C25H31N5O5S. The standard InChI is InChI=1S/C25H31N5O5S/c1-29-24(32)20-16-19(10-11-21(20)28-25(29)33)36(34,35)30-14-6-5-12-26-22(18-8-3-2-4-9-18)17-23(31)27-13-7-15-30/h2-4,8-11,16,22,26H,5-7,12-15,17H2,1H3,(H,27,31)(H,28,33). The topological polar surface area (TPSA) is 133 Å². The van der Waals surface area contributed by atoms with Gasteiger partial charge in [-0.1, -0.05) is 30.3 Å². The molecule has 0 spiro atoms. The third-order valence-electron chi connectivity index (χ3n) is 6.43. The minimum atomic E-state index is -3.90. The number of hydrogen-bond acceptors (Lipinski definition) is 6. The van der Waals surface area contributed by atoms with Gasteiger partial charge in [-0.3, -0.25) is 14.2 Å². The predicted molar refractivity (Wildman–Crippen MR) is 137 cm³/mol. The number of aromatic amines is 1. The summed E-state index contributed by atoms with van der Waals surface area (Å²) in [6.45, 7) is 1.54. The van der Waals surface area contributed by atoms with E-state index in [0.717, 1.165) is 16.6 Å². The van der Waals surface area contributed by atoms with Gasteiger partial charge in [-0.05, 0) is 49.6 Å². The molecule has 1 aliphatic heterocycles. The number of amides is 1. The van der Waals surface area contributed by atoms with E-state index in [2.05, 4.69) is 15.6 Å². The van der Waals surface area contributed by atoms with E-state index in [1.807, 2.05) is 30.3 Å². The van der Waals surface area contributed by atoms with Crippen molar-refractivity contribution in [1.82, 2.24) is 24.5 Å². The molecule has 1 saturated heterocycles. The Morgan fingerprint density at radius 1 is 0.917 bits per heavy atom. The van der Waals surface area contributed by atoms with Crippen LogP contribution < -0.4 is 21.9 Å². The Morgan fingerprint density at radius 3 is 2.44 bits per heavy atom. The van der Waals surface area contributed by atoms with Gasteiger partial charge in [-0.2, -0.15) is 4.31 Å². The molecule has 0 aliphatic carbocycles. The molecule has 10 nitrogen and oxygen atoms in total. The Hall–Kier alpha value is -3.28. The molecule has 11 heteroatoms. The van der Waals surface area contributed by atoms with E-state index < -0.39 is 21.3 Å². The summed E-state index contributed by atoms with van der Waals surface area (Å²) in [5.74, 6) is -0.0932. The first-order valence-corrected chi connectivity index (χ1v) is 13.5. The molecule has 3 aromatic rings. The second-order valence-electron chi connectivity index (χ2n) is 8.94. The number of hydrogen-bond donors (Lipinski definition) is 3. The van der Waals surface area contributed by atoms with Gasteiger partial charge >= 0.3 is 5.69 Å². The maximum Gasteiger partial charge on any atom is 0.328 e. The maximum atomic E-state index is 13.5. The van der Waals surface area contributed by atoms with Crippen molar-refractivity contribution in [2.45, 2.75) is 36.6 Å². The van der Waals surface area contributed by atoms with Gasteiger partial charge in [0, 0.05) is 39.1 Å². The van der Waals surface area contributed by atoms with Crippen LogP contribution >= 0.6 is 0 Å². The zero-order valence-electron chi connectivity index (χ0n) is 20.2. The fourth-order valence-corrected chi connectivity index (χ4v) is 5.91. The molecule has 2 aromatic carbocycles. The fourth-order valence-electron chi connectivity index (χ4n) is 4.37. The molecule has 192 valence electrons. The average Bonchev–Trinajstić information content (AvgIpc) is 2.89. The highest BCUT2D eigenvalue weighted by atomic mass is 32.2. The lowest BCUT2D eigenvalue weighted by molar-refractivity contribution is -0.121. The minimum absolute atomic E-state index is 0.00484. The number of carbonyl (C=O) groups excluding carboxylic acids is 1. The van der Waals surface area contributed by atoms with E-state index in [9.17, 15) is 22.8 Å². The number of H-pyrrole nitrogens is 1. The van der Waals surface area contributed by atoms with Crippen molar-refractivity contribution in [2.75, 3.05) is 26.2 Å². The fraction of sp³-hybridized carbons (Fsp3) is 0.400. The monoisotopic (exact) mass is 513 g/mol. The van der Waals surface area contributed by atoms with Gasteiger partial charge in [0.1, 0.15) is 0 Å². The Labute approximate surface area is 209 Å². The van der Waals surface area contributed by atoms with Crippen molar-refractivity contribution in [3.05, 3.63) is 74.9 Å².